The lowest BCUT2D eigenvalue weighted by Gasteiger charge is -2.15. The van der Waals surface area contributed by atoms with Crippen LogP contribution in [0.5, 0.6) is 11.5 Å². The Bertz CT molecular complexity index is 502. The van der Waals surface area contributed by atoms with Gasteiger partial charge in [0.25, 0.3) is 0 Å². The van der Waals surface area contributed by atoms with E-state index in [9.17, 15) is 14.7 Å². The van der Waals surface area contributed by atoms with E-state index in [1.807, 2.05) is 0 Å². The van der Waals surface area contributed by atoms with Gasteiger partial charge in [0.1, 0.15) is 0 Å². The van der Waals surface area contributed by atoms with Crippen molar-refractivity contribution in [2.75, 3.05) is 14.2 Å². The molecule has 1 aliphatic rings. The molecule has 1 aromatic carbocycles. The van der Waals surface area contributed by atoms with Crippen molar-refractivity contribution in [1.29, 1.82) is 0 Å². The molecule has 1 aromatic rings. The van der Waals surface area contributed by atoms with Crippen molar-refractivity contribution >= 4 is 12.3 Å². The number of rotatable bonds is 5. The molecule has 0 atom stereocenters. The molecule has 96 valence electrons. The average molecular weight is 250 g/mol. The summed E-state index contributed by atoms with van der Waals surface area (Å²) in [6.45, 7) is 0. The van der Waals surface area contributed by atoms with Crippen LogP contribution in [0.4, 0.5) is 0 Å². The smallest absolute Gasteiger partial charge is 0.314 e. The summed E-state index contributed by atoms with van der Waals surface area (Å²) >= 11 is 0. The predicted molar refractivity (Wildman–Crippen MR) is 63.5 cm³/mol. The van der Waals surface area contributed by atoms with Gasteiger partial charge in [0.2, 0.25) is 0 Å². The second kappa shape index (κ2) is 4.33. The molecule has 0 aliphatic heterocycles. The standard InChI is InChI=1S/C13H14O5/c1-17-10-6-9(13(3-4-13)12(15)16)5-8(7-14)11(10)18-2/h5-7H,3-4H2,1-2H3,(H,15,16). The molecule has 18 heavy (non-hydrogen) atoms. The second-order valence-electron chi connectivity index (χ2n) is 4.31. The average Bonchev–Trinajstić information content (AvgIpc) is 3.18. The Morgan fingerprint density at radius 1 is 1.33 bits per heavy atom. The zero-order valence-corrected chi connectivity index (χ0v) is 10.2. The van der Waals surface area contributed by atoms with Crippen molar-refractivity contribution in [1.82, 2.24) is 0 Å². The minimum Gasteiger partial charge on any atom is -0.493 e. The molecule has 1 N–H and O–H groups in total. The van der Waals surface area contributed by atoms with Gasteiger partial charge in [-0.1, -0.05) is 0 Å². The molecule has 0 saturated heterocycles. The zero-order chi connectivity index (χ0) is 13.3. The van der Waals surface area contributed by atoms with E-state index in [0.29, 0.717) is 41.8 Å². The molecular formula is C13H14O5. The van der Waals surface area contributed by atoms with E-state index in [-0.39, 0.29) is 0 Å². The number of hydrogen-bond donors (Lipinski definition) is 1. The van der Waals surface area contributed by atoms with Gasteiger partial charge in [0.05, 0.1) is 25.2 Å². The fourth-order valence-electron chi connectivity index (χ4n) is 2.11. The van der Waals surface area contributed by atoms with Crippen LogP contribution in [-0.4, -0.2) is 31.6 Å². The summed E-state index contributed by atoms with van der Waals surface area (Å²) in [5.41, 5.74) is 0.0336. The highest BCUT2D eigenvalue weighted by Gasteiger charge is 2.52. The molecule has 0 unspecified atom stereocenters. The van der Waals surface area contributed by atoms with Crippen molar-refractivity contribution in [3.05, 3.63) is 23.3 Å². The van der Waals surface area contributed by atoms with Gasteiger partial charge in [-0.3, -0.25) is 9.59 Å². The van der Waals surface area contributed by atoms with E-state index in [2.05, 4.69) is 0 Å². The maximum Gasteiger partial charge on any atom is 0.314 e. The fraction of sp³-hybridized carbons (Fsp3) is 0.385. The van der Waals surface area contributed by atoms with Crippen LogP contribution in [0.1, 0.15) is 28.8 Å². The van der Waals surface area contributed by atoms with Crippen LogP contribution in [0, 0.1) is 0 Å². The first-order chi connectivity index (χ1) is 8.58. The highest BCUT2D eigenvalue weighted by Crippen LogP contribution is 2.50. The van der Waals surface area contributed by atoms with E-state index in [1.54, 1.807) is 12.1 Å². The van der Waals surface area contributed by atoms with Crippen LogP contribution in [-0.2, 0) is 10.2 Å². The lowest BCUT2D eigenvalue weighted by molar-refractivity contribution is -0.140. The number of ether oxygens (including phenoxy) is 2. The lowest BCUT2D eigenvalue weighted by Crippen LogP contribution is -2.20. The van der Waals surface area contributed by atoms with E-state index >= 15 is 0 Å². The Hall–Kier alpha value is -2.04. The molecule has 5 heteroatoms. The first-order valence-electron chi connectivity index (χ1n) is 5.54. The predicted octanol–water partition coefficient (Wildman–Crippen LogP) is 1.63. The highest BCUT2D eigenvalue weighted by atomic mass is 16.5. The molecule has 1 fully saturated rings. The summed E-state index contributed by atoms with van der Waals surface area (Å²) in [4.78, 5) is 22.3. The first-order valence-corrected chi connectivity index (χ1v) is 5.54. The van der Waals surface area contributed by atoms with Gasteiger partial charge in [0.15, 0.2) is 17.8 Å². The number of benzene rings is 1. The Kier molecular flexibility index (Phi) is 2.98. The van der Waals surface area contributed by atoms with Crippen molar-refractivity contribution in [3.63, 3.8) is 0 Å². The first kappa shape index (κ1) is 12.4. The number of carboxylic acid groups (broad SMARTS) is 1. The van der Waals surface area contributed by atoms with Gasteiger partial charge < -0.3 is 14.6 Å². The largest absolute Gasteiger partial charge is 0.493 e. The second-order valence-corrected chi connectivity index (χ2v) is 4.31. The van der Waals surface area contributed by atoms with Crippen molar-refractivity contribution in [2.24, 2.45) is 0 Å². The van der Waals surface area contributed by atoms with Gasteiger partial charge >= 0.3 is 5.97 Å². The molecule has 0 aromatic heterocycles. The van der Waals surface area contributed by atoms with Gasteiger partial charge in [0, 0.05) is 0 Å². The summed E-state index contributed by atoms with van der Waals surface area (Å²) < 4.78 is 10.2. The molecule has 1 saturated carbocycles. The summed E-state index contributed by atoms with van der Waals surface area (Å²) in [6, 6.07) is 3.20. The van der Waals surface area contributed by atoms with Crippen LogP contribution in [0.2, 0.25) is 0 Å². The van der Waals surface area contributed by atoms with E-state index < -0.39 is 11.4 Å². The third-order valence-corrected chi connectivity index (χ3v) is 3.35. The minimum absolute atomic E-state index is 0.305. The zero-order valence-electron chi connectivity index (χ0n) is 10.2. The van der Waals surface area contributed by atoms with Gasteiger partial charge in [-0.25, -0.2) is 0 Å². The van der Waals surface area contributed by atoms with Crippen LogP contribution in [0.25, 0.3) is 0 Å². The normalized spacial score (nSPS) is 15.9. The number of carboxylic acids is 1. The summed E-state index contributed by atoms with van der Waals surface area (Å²) in [6.07, 6.45) is 1.80. The Labute approximate surface area is 104 Å². The van der Waals surface area contributed by atoms with Crippen molar-refractivity contribution < 1.29 is 24.2 Å². The quantitative estimate of drug-likeness (QED) is 0.804. The maximum atomic E-state index is 11.3. The van der Waals surface area contributed by atoms with Crippen LogP contribution >= 0.6 is 0 Å². The lowest BCUT2D eigenvalue weighted by atomic mass is 9.94. The third kappa shape index (κ3) is 1.72. The molecule has 5 nitrogen and oxygen atoms in total. The molecular weight excluding hydrogens is 236 g/mol. The van der Waals surface area contributed by atoms with Gasteiger partial charge in [-0.05, 0) is 30.5 Å². The molecule has 0 amide bonds. The Morgan fingerprint density at radius 3 is 2.39 bits per heavy atom. The summed E-state index contributed by atoms with van der Waals surface area (Å²) in [5.74, 6) is -0.159. The topological polar surface area (TPSA) is 72.8 Å². The SMILES string of the molecule is COc1cc(C2(C(=O)O)CC2)cc(C=O)c1OC. The fourth-order valence-corrected chi connectivity index (χ4v) is 2.11. The van der Waals surface area contributed by atoms with Crippen LogP contribution < -0.4 is 9.47 Å². The number of methoxy groups -OCH3 is 2. The number of aliphatic carboxylic acids is 1. The van der Waals surface area contributed by atoms with Crippen LogP contribution in [0.15, 0.2) is 12.1 Å². The molecule has 1 aliphatic carbocycles. The van der Waals surface area contributed by atoms with E-state index in [0.717, 1.165) is 0 Å². The van der Waals surface area contributed by atoms with Crippen molar-refractivity contribution in [2.45, 2.75) is 18.3 Å². The number of hydrogen-bond acceptors (Lipinski definition) is 4. The highest BCUT2D eigenvalue weighted by molar-refractivity contribution is 5.88. The Morgan fingerprint density at radius 2 is 2.00 bits per heavy atom. The van der Waals surface area contributed by atoms with E-state index in [4.69, 9.17) is 9.47 Å². The maximum absolute atomic E-state index is 11.3. The molecule has 0 heterocycles. The number of carbonyl (C=O) groups is 2. The van der Waals surface area contributed by atoms with Gasteiger partial charge in [-0.15, -0.1) is 0 Å². The molecule has 0 bridgehead atoms. The van der Waals surface area contributed by atoms with E-state index in [1.165, 1.54) is 14.2 Å². The number of carbonyl (C=O) groups excluding carboxylic acids is 1. The summed E-state index contributed by atoms with van der Waals surface area (Å²) in [7, 11) is 2.89. The van der Waals surface area contributed by atoms with Crippen LogP contribution in [0.3, 0.4) is 0 Å². The minimum atomic E-state index is -0.869. The third-order valence-electron chi connectivity index (χ3n) is 3.35. The van der Waals surface area contributed by atoms with Crippen molar-refractivity contribution in [3.8, 4) is 11.5 Å². The molecule has 2 rings (SSSR count). The molecule has 0 spiro atoms. The summed E-state index contributed by atoms with van der Waals surface area (Å²) in [5, 5.41) is 9.25. The van der Waals surface area contributed by atoms with Gasteiger partial charge in [-0.2, -0.15) is 0 Å². The Balaban J connectivity index is 2.57. The monoisotopic (exact) mass is 250 g/mol. The molecule has 0 radical (unpaired) electrons. The number of aldehydes is 1.